The third kappa shape index (κ3) is 12.7. The zero-order valence-corrected chi connectivity index (χ0v) is 36.1. The van der Waals surface area contributed by atoms with Crippen molar-refractivity contribution in [2.75, 3.05) is 6.54 Å². The van der Waals surface area contributed by atoms with Crippen LogP contribution in [0.15, 0.2) is 0 Å². The van der Waals surface area contributed by atoms with Gasteiger partial charge in [0.15, 0.2) is 11.6 Å². The highest BCUT2D eigenvalue weighted by Gasteiger charge is 2.68. The van der Waals surface area contributed by atoms with E-state index in [0.717, 1.165) is 32.1 Å². The van der Waals surface area contributed by atoms with Crippen LogP contribution >= 0.6 is 0 Å². The molecule has 14 heteroatoms. The van der Waals surface area contributed by atoms with E-state index >= 15 is 0 Å². The maximum atomic E-state index is 13.8. The number of alkyl carbamates (subject to hydrolysis) is 1. The molecule has 0 radical (unpaired) electrons. The molecule has 3 saturated carbocycles. The molecule has 3 amide bonds. The number of hydrogen-bond donors (Lipinski definition) is 4. The molecule has 4 aliphatic rings. The summed E-state index contributed by atoms with van der Waals surface area (Å²) in [5.74, 6) is -1.44. The monoisotopic (exact) mass is 777 g/mol. The van der Waals surface area contributed by atoms with E-state index in [2.05, 4.69) is 43.6 Å². The normalized spacial score (nSPS) is 26.3. The molecule has 1 aliphatic heterocycles. The van der Waals surface area contributed by atoms with Crippen LogP contribution in [-0.4, -0.2) is 90.3 Å². The van der Waals surface area contributed by atoms with Crippen LogP contribution in [0.3, 0.4) is 0 Å². The van der Waals surface area contributed by atoms with Gasteiger partial charge in [-0.25, -0.2) is 4.79 Å². The van der Waals surface area contributed by atoms with Gasteiger partial charge in [-0.15, -0.1) is 0 Å². The number of hydrogen-bond acceptors (Lipinski definition) is 10. The lowest BCUT2D eigenvalue weighted by molar-refractivity contribution is -0.199. The maximum Gasteiger partial charge on any atom is 0.461 e. The van der Waals surface area contributed by atoms with Gasteiger partial charge in [-0.05, 0) is 104 Å². The van der Waals surface area contributed by atoms with Gasteiger partial charge < -0.3 is 40.5 Å². The number of nitrogens with one attached hydrogen (secondary N) is 3. The third-order valence-corrected chi connectivity index (χ3v) is 11.8. The van der Waals surface area contributed by atoms with Crippen molar-refractivity contribution in [3.63, 3.8) is 0 Å². The number of unbranched alkanes of at least 4 members (excludes halogenated alkanes) is 2. The molecule has 0 spiro atoms. The largest absolute Gasteiger partial charge is 0.461 e. The van der Waals surface area contributed by atoms with E-state index in [9.17, 15) is 24.0 Å². The van der Waals surface area contributed by atoms with E-state index < -0.39 is 72.2 Å². The summed E-state index contributed by atoms with van der Waals surface area (Å²) in [6.07, 6.45) is 4.01. The molecule has 10 atom stereocenters. The number of ether oxygens (including phenoxy) is 2. The molecule has 2 bridgehead atoms. The molecular weight excluding hydrogens is 703 g/mol. The Labute approximate surface area is 330 Å². The zero-order chi connectivity index (χ0) is 41.7. The predicted molar refractivity (Wildman–Crippen MR) is 213 cm³/mol. The lowest BCUT2D eigenvalue weighted by atomic mass is 9.43. The maximum absolute atomic E-state index is 13.8. The molecule has 55 heavy (non-hydrogen) atoms. The summed E-state index contributed by atoms with van der Waals surface area (Å²) in [4.78, 5) is 66.5. The van der Waals surface area contributed by atoms with Gasteiger partial charge in [-0.2, -0.15) is 0 Å². The summed E-state index contributed by atoms with van der Waals surface area (Å²) >= 11 is 0. The lowest BCUT2D eigenvalue weighted by Crippen LogP contribution is -2.65. The van der Waals surface area contributed by atoms with Gasteiger partial charge in [0.05, 0.1) is 35.5 Å². The Kier molecular flexibility index (Phi) is 16.0. The standard InChI is InChI=1S/C41H73BN4O9/c1-14-15-16-17-29(30(47)21-25(3)42-54-33-23-27-22-32(40(27,11)12)41(33,13)55-42)45-35(49)24(2)20-31(48)34(26(4)52-38(5,6)7)46-36(50)28(43)18-19-44-37(51)53-39(8,9)10/h24-29,32-34H,14-23,43H2,1-13H3,(H,44,51)(H,45,49)(H,46,50)/t24-,25-,26-,27+,28+,29+,32+,33?,34+,41+/m1/s1. The Balaban J connectivity index is 1.62. The first-order valence-corrected chi connectivity index (χ1v) is 20.7. The van der Waals surface area contributed by atoms with Crippen molar-refractivity contribution in [2.24, 2.45) is 28.9 Å². The first kappa shape index (κ1) is 46.8. The van der Waals surface area contributed by atoms with Crippen LogP contribution in [0.1, 0.15) is 148 Å². The topological polar surface area (TPSA) is 184 Å². The van der Waals surface area contributed by atoms with Gasteiger partial charge in [0.2, 0.25) is 11.8 Å². The molecule has 5 N–H and O–H groups in total. The van der Waals surface area contributed by atoms with Crippen LogP contribution < -0.4 is 21.7 Å². The molecule has 0 aromatic rings. The van der Waals surface area contributed by atoms with Crippen molar-refractivity contribution in [3.05, 3.63) is 0 Å². The van der Waals surface area contributed by atoms with Gasteiger partial charge in [-0.1, -0.05) is 53.9 Å². The van der Waals surface area contributed by atoms with Crippen LogP contribution in [0.4, 0.5) is 4.79 Å². The average Bonchev–Trinajstić information content (AvgIpc) is 3.42. The molecule has 13 nitrogen and oxygen atoms in total. The fourth-order valence-corrected chi connectivity index (χ4v) is 8.57. The molecule has 3 aliphatic carbocycles. The second-order valence-electron chi connectivity index (χ2n) is 19.4. The minimum atomic E-state index is -1.09. The highest BCUT2D eigenvalue weighted by molar-refractivity contribution is 6.47. The summed E-state index contributed by atoms with van der Waals surface area (Å²) in [6, 6.07) is -2.84. The van der Waals surface area contributed by atoms with E-state index in [1.165, 1.54) is 0 Å². The Hall–Kier alpha value is -2.55. The summed E-state index contributed by atoms with van der Waals surface area (Å²) in [5.41, 5.74) is 4.70. The van der Waals surface area contributed by atoms with E-state index in [-0.39, 0.29) is 54.5 Å². The highest BCUT2D eigenvalue weighted by Crippen LogP contribution is 2.66. The molecule has 1 heterocycles. The number of nitrogens with two attached hydrogens (primary N) is 1. The number of rotatable bonds is 20. The van der Waals surface area contributed by atoms with Gasteiger partial charge in [0, 0.05) is 25.3 Å². The minimum Gasteiger partial charge on any atom is -0.444 e. The molecule has 1 unspecified atom stereocenters. The number of ketones is 2. The molecular formula is C41H73BN4O9. The van der Waals surface area contributed by atoms with E-state index in [1.807, 2.05) is 27.7 Å². The van der Waals surface area contributed by atoms with Crippen LogP contribution in [0, 0.1) is 23.2 Å². The zero-order valence-electron chi connectivity index (χ0n) is 36.1. The molecule has 1 saturated heterocycles. The summed E-state index contributed by atoms with van der Waals surface area (Å²) in [5, 5.41) is 8.29. The SMILES string of the molecule is CCCCC[C@H](NC(=O)[C@H](C)CC(=O)[C@@H](NC(=O)[C@@H](N)CCNC(=O)OC(C)(C)C)[C@@H](C)OC(C)(C)C)C(=O)C[C@@H](C)B1OC2C[C@@H]3C[C@@H](C3(C)C)[C@]2(C)O1. The fourth-order valence-electron chi connectivity index (χ4n) is 8.57. The quantitative estimate of drug-likeness (QED) is 0.0890. The number of carbonyl (C=O) groups excluding carboxylic acids is 5. The molecule has 314 valence electrons. The Morgan fingerprint density at radius 3 is 2.11 bits per heavy atom. The van der Waals surface area contributed by atoms with E-state index in [4.69, 9.17) is 24.5 Å². The first-order chi connectivity index (χ1) is 25.3. The van der Waals surface area contributed by atoms with Crippen LogP contribution in [0.25, 0.3) is 0 Å². The predicted octanol–water partition coefficient (Wildman–Crippen LogP) is 5.65. The molecule has 4 fully saturated rings. The molecule has 0 aromatic carbocycles. The lowest BCUT2D eigenvalue weighted by Gasteiger charge is -2.64. The Bertz CT molecular complexity index is 1360. The third-order valence-electron chi connectivity index (χ3n) is 11.8. The van der Waals surface area contributed by atoms with Crippen molar-refractivity contribution in [1.29, 1.82) is 0 Å². The van der Waals surface area contributed by atoms with Crippen molar-refractivity contribution >= 4 is 36.6 Å². The second kappa shape index (κ2) is 18.8. The second-order valence-corrected chi connectivity index (χ2v) is 19.4. The molecule has 0 aromatic heterocycles. The summed E-state index contributed by atoms with van der Waals surface area (Å²) in [7, 11) is -0.489. The van der Waals surface area contributed by atoms with Crippen LogP contribution in [0.2, 0.25) is 5.82 Å². The molecule has 4 rings (SSSR count). The average molecular weight is 777 g/mol. The Morgan fingerprint density at radius 2 is 1.53 bits per heavy atom. The van der Waals surface area contributed by atoms with E-state index in [0.29, 0.717) is 18.3 Å². The van der Waals surface area contributed by atoms with Crippen molar-refractivity contribution in [1.82, 2.24) is 16.0 Å². The van der Waals surface area contributed by atoms with Crippen molar-refractivity contribution in [2.45, 2.75) is 201 Å². The van der Waals surface area contributed by atoms with Crippen LogP contribution in [-0.2, 0) is 38.0 Å². The van der Waals surface area contributed by atoms with Gasteiger partial charge in [0.25, 0.3) is 0 Å². The van der Waals surface area contributed by atoms with E-state index in [1.54, 1.807) is 34.6 Å². The highest BCUT2D eigenvalue weighted by atomic mass is 16.7. The van der Waals surface area contributed by atoms with Crippen molar-refractivity contribution < 1.29 is 42.8 Å². The number of Topliss-reactive ketones (excluding diaryl/α,β-unsaturated/α-hetero) is 2. The smallest absolute Gasteiger partial charge is 0.444 e. The van der Waals surface area contributed by atoms with Crippen LogP contribution in [0.5, 0.6) is 0 Å². The first-order valence-electron chi connectivity index (χ1n) is 20.7. The summed E-state index contributed by atoms with van der Waals surface area (Å²) < 4.78 is 24.4. The van der Waals surface area contributed by atoms with Gasteiger partial charge in [-0.3, -0.25) is 19.2 Å². The minimum absolute atomic E-state index is 0.0206. The number of amides is 3. The fraction of sp³-hybridized carbons (Fsp3) is 0.878. The number of carbonyl (C=O) groups is 5. The summed E-state index contributed by atoms with van der Waals surface area (Å²) in [6.45, 7) is 25.0. The van der Waals surface area contributed by atoms with Gasteiger partial charge in [0.1, 0.15) is 11.6 Å². The van der Waals surface area contributed by atoms with Gasteiger partial charge >= 0.3 is 13.2 Å². The Morgan fingerprint density at radius 1 is 0.873 bits per heavy atom. The van der Waals surface area contributed by atoms with Crippen molar-refractivity contribution in [3.8, 4) is 0 Å².